The molecule has 20 heavy (non-hydrogen) atoms. The second-order valence-electron chi connectivity index (χ2n) is 5.91. The highest BCUT2D eigenvalue weighted by Crippen LogP contribution is 2.24. The van der Waals surface area contributed by atoms with Crippen LogP contribution in [0.3, 0.4) is 0 Å². The SMILES string of the molecule is Cn1cc(CNC(C)(C)C)c(-c2ccc(F)c(F)c2)n1. The molecule has 0 amide bonds. The number of hydrogen-bond acceptors (Lipinski definition) is 2. The van der Waals surface area contributed by atoms with E-state index in [4.69, 9.17) is 0 Å². The number of hydrogen-bond donors (Lipinski definition) is 1. The molecule has 0 unspecified atom stereocenters. The third-order valence-electron chi connectivity index (χ3n) is 2.91. The molecule has 2 rings (SSSR count). The number of aromatic nitrogens is 2. The molecule has 0 aliphatic carbocycles. The molecular formula is C15H19F2N3. The Bertz CT molecular complexity index is 612. The lowest BCUT2D eigenvalue weighted by Gasteiger charge is -2.20. The van der Waals surface area contributed by atoms with Crippen LogP contribution in [-0.2, 0) is 13.6 Å². The van der Waals surface area contributed by atoms with Gasteiger partial charge in [0.05, 0.1) is 5.69 Å². The van der Waals surface area contributed by atoms with Crippen LogP contribution in [0.5, 0.6) is 0 Å². The van der Waals surface area contributed by atoms with Gasteiger partial charge in [0.1, 0.15) is 0 Å². The first-order chi connectivity index (χ1) is 9.26. The van der Waals surface area contributed by atoms with Crippen molar-refractivity contribution in [3.63, 3.8) is 0 Å². The minimum absolute atomic E-state index is 0.0266. The Hall–Kier alpha value is -1.75. The van der Waals surface area contributed by atoms with E-state index in [2.05, 4.69) is 31.2 Å². The zero-order chi connectivity index (χ0) is 14.9. The van der Waals surface area contributed by atoms with Gasteiger partial charge in [-0.05, 0) is 39.0 Å². The molecule has 2 aromatic rings. The molecule has 0 aliphatic heterocycles. The van der Waals surface area contributed by atoms with Crippen LogP contribution in [0.15, 0.2) is 24.4 Å². The van der Waals surface area contributed by atoms with Gasteiger partial charge in [-0.2, -0.15) is 5.10 Å². The average molecular weight is 279 g/mol. The summed E-state index contributed by atoms with van der Waals surface area (Å²) in [5.74, 6) is -1.71. The maximum Gasteiger partial charge on any atom is 0.159 e. The zero-order valence-electron chi connectivity index (χ0n) is 12.2. The van der Waals surface area contributed by atoms with Crippen molar-refractivity contribution in [2.45, 2.75) is 32.9 Å². The van der Waals surface area contributed by atoms with Gasteiger partial charge in [-0.1, -0.05) is 0 Å². The van der Waals surface area contributed by atoms with Gasteiger partial charge in [0.25, 0.3) is 0 Å². The van der Waals surface area contributed by atoms with E-state index in [1.165, 1.54) is 6.07 Å². The van der Waals surface area contributed by atoms with Gasteiger partial charge in [-0.15, -0.1) is 0 Å². The van der Waals surface area contributed by atoms with E-state index >= 15 is 0 Å². The van der Waals surface area contributed by atoms with Crippen LogP contribution in [-0.4, -0.2) is 15.3 Å². The average Bonchev–Trinajstić information content (AvgIpc) is 2.71. The van der Waals surface area contributed by atoms with Gasteiger partial charge in [0.15, 0.2) is 11.6 Å². The summed E-state index contributed by atoms with van der Waals surface area (Å²) in [6.45, 7) is 6.83. The lowest BCUT2D eigenvalue weighted by molar-refractivity contribution is 0.424. The van der Waals surface area contributed by atoms with Crippen LogP contribution in [0.2, 0.25) is 0 Å². The predicted molar refractivity (Wildman–Crippen MR) is 75.2 cm³/mol. The monoisotopic (exact) mass is 279 g/mol. The third kappa shape index (κ3) is 3.42. The predicted octanol–water partition coefficient (Wildman–Crippen LogP) is 3.25. The third-order valence-corrected chi connectivity index (χ3v) is 2.91. The molecule has 0 aliphatic rings. The van der Waals surface area contributed by atoms with Crippen LogP contribution in [0, 0.1) is 11.6 Å². The van der Waals surface area contributed by atoms with Crippen LogP contribution in [0.1, 0.15) is 26.3 Å². The number of benzene rings is 1. The fourth-order valence-electron chi connectivity index (χ4n) is 1.91. The quantitative estimate of drug-likeness (QED) is 0.934. The second kappa shape index (κ2) is 5.32. The lowest BCUT2D eigenvalue weighted by Crippen LogP contribution is -2.35. The fraction of sp³-hybridized carbons (Fsp3) is 0.400. The van der Waals surface area contributed by atoms with E-state index in [1.54, 1.807) is 10.7 Å². The van der Waals surface area contributed by atoms with Crippen molar-refractivity contribution >= 4 is 0 Å². The fourth-order valence-corrected chi connectivity index (χ4v) is 1.91. The molecule has 0 fully saturated rings. The van der Waals surface area contributed by atoms with Crippen LogP contribution >= 0.6 is 0 Å². The van der Waals surface area contributed by atoms with Crippen molar-refractivity contribution in [2.75, 3.05) is 0 Å². The van der Waals surface area contributed by atoms with Crippen molar-refractivity contribution in [2.24, 2.45) is 7.05 Å². The molecule has 1 N–H and O–H groups in total. The Kier molecular flexibility index (Phi) is 3.90. The highest BCUT2D eigenvalue weighted by atomic mass is 19.2. The first kappa shape index (κ1) is 14.7. The van der Waals surface area contributed by atoms with Crippen LogP contribution < -0.4 is 5.32 Å². The molecule has 5 heteroatoms. The maximum absolute atomic E-state index is 13.4. The molecule has 1 aromatic carbocycles. The molecule has 3 nitrogen and oxygen atoms in total. The minimum Gasteiger partial charge on any atom is -0.308 e. The summed E-state index contributed by atoms with van der Waals surface area (Å²) >= 11 is 0. The topological polar surface area (TPSA) is 29.9 Å². The maximum atomic E-state index is 13.4. The smallest absolute Gasteiger partial charge is 0.159 e. The normalized spacial score (nSPS) is 11.9. The van der Waals surface area contributed by atoms with Gasteiger partial charge in [0, 0.05) is 36.5 Å². The van der Waals surface area contributed by atoms with Gasteiger partial charge < -0.3 is 5.32 Å². The van der Waals surface area contributed by atoms with Crippen LogP contribution in [0.4, 0.5) is 8.78 Å². The molecule has 0 bridgehead atoms. The second-order valence-corrected chi connectivity index (χ2v) is 5.91. The largest absolute Gasteiger partial charge is 0.308 e. The van der Waals surface area contributed by atoms with Crippen molar-refractivity contribution < 1.29 is 8.78 Å². The Balaban J connectivity index is 2.33. The van der Waals surface area contributed by atoms with E-state index in [-0.39, 0.29) is 5.54 Å². The molecule has 0 atom stereocenters. The standard InChI is InChI=1S/C15H19F2N3/c1-15(2,3)18-8-11-9-20(4)19-14(11)10-5-6-12(16)13(17)7-10/h5-7,9,18H,8H2,1-4H3. The van der Waals surface area contributed by atoms with E-state index in [9.17, 15) is 8.78 Å². The molecule has 0 saturated heterocycles. The van der Waals surface area contributed by atoms with Gasteiger partial charge in [0.2, 0.25) is 0 Å². The summed E-state index contributed by atoms with van der Waals surface area (Å²) in [7, 11) is 1.81. The van der Waals surface area contributed by atoms with Crippen molar-refractivity contribution in [3.05, 3.63) is 41.6 Å². The lowest BCUT2D eigenvalue weighted by atomic mass is 10.1. The summed E-state index contributed by atoms with van der Waals surface area (Å²) in [6.07, 6.45) is 1.88. The van der Waals surface area contributed by atoms with Crippen molar-refractivity contribution in [1.82, 2.24) is 15.1 Å². The molecule has 1 heterocycles. The first-order valence-electron chi connectivity index (χ1n) is 6.49. The Morgan fingerprint density at radius 2 is 1.90 bits per heavy atom. The van der Waals surface area contributed by atoms with Gasteiger partial charge in [-0.3, -0.25) is 4.68 Å². The summed E-state index contributed by atoms with van der Waals surface area (Å²) in [5.41, 5.74) is 2.17. The summed E-state index contributed by atoms with van der Waals surface area (Å²) < 4.78 is 28.0. The molecule has 1 aromatic heterocycles. The highest BCUT2D eigenvalue weighted by Gasteiger charge is 2.15. The van der Waals surface area contributed by atoms with Crippen LogP contribution in [0.25, 0.3) is 11.3 Å². The number of rotatable bonds is 3. The molecule has 0 spiro atoms. The number of nitrogens with zero attached hydrogens (tertiary/aromatic N) is 2. The number of aryl methyl sites for hydroxylation is 1. The summed E-state index contributed by atoms with van der Waals surface area (Å²) in [5, 5.41) is 7.71. The number of nitrogens with one attached hydrogen (secondary N) is 1. The van der Waals surface area contributed by atoms with Crippen molar-refractivity contribution in [1.29, 1.82) is 0 Å². The molecule has 108 valence electrons. The van der Waals surface area contributed by atoms with Gasteiger partial charge >= 0.3 is 0 Å². The van der Waals surface area contributed by atoms with E-state index in [0.29, 0.717) is 17.8 Å². The first-order valence-corrected chi connectivity index (χ1v) is 6.49. The molecule has 0 radical (unpaired) electrons. The highest BCUT2D eigenvalue weighted by molar-refractivity contribution is 5.62. The summed E-state index contributed by atoms with van der Waals surface area (Å²) in [6, 6.07) is 3.85. The Morgan fingerprint density at radius 3 is 2.50 bits per heavy atom. The molecular weight excluding hydrogens is 260 g/mol. The van der Waals surface area contributed by atoms with E-state index in [0.717, 1.165) is 11.6 Å². The van der Waals surface area contributed by atoms with Gasteiger partial charge in [-0.25, -0.2) is 8.78 Å². The zero-order valence-corrected chi connectivity index (χ0v) is 12.2. The molecule has 0 saturated carbocycles. The van der Waals surface area contributed by atoms with E-state index < -0.39 is 11.6 Å². The number of halogens is 2. The Morgan fingerprint density at radius 1 is 1.20 bits per heavy atom. The minimum atomic E-state index is -0.858. The summed E-state index contributed by atoms with van der Waals surface area (Å²) in [4.78, 5) is 0. The van der Waals surface area contributed by atoms with Crippen molar-refractivity contribution in [3.8, 4) is 11.3 Å². The van der Waals surface area contributed by atoms with E-state index in [1.807, 2.05) is 13.2 Å². The Labute approximate surface area is 117 Å².